The van der Waals surface area contributed by atoms with Gasteiger partial charge in [0.1, 0.15) is 0 Å². The first-order valence-electron chi connectivity index (χ1n) is 5.14. The molecule has 15 heavy (non-hydrogen) atoms. The number of hydrogen-bond donors (Lipinski definition) is 1. The van der Waals surface area contributed by atoms with Crippen LogP contribution >= 0.6 is 0 Å². The number of allylic oxidation sites excluding steroid dienone is 1. The maximum Gasteiger partial charge on any atom is 0.303 e. The van der Waals surface area contributed by atoms with E-state index in [1.807, 2.05) is 6.08 Å². The summed E-state index contributed by atoms with van der Waals surface area (Å²) in [5.41, 5.74) is 0. The molecular weight excluding hydrogens is 194 g/mol. The molecule has 0 heterocycles. The first-order chi connectivity index (χ1) is 7.07. The molecule has 0 aromatic rings. The Bertz CT molecular complexity index is 226. The zero-order valence-corrected chi connectivity index (χ0v) is 9.24. The van der Waals surface area contributed by atoms with E-state index in [4.69, 9.17) is 5.11 Å². The van der Waals surface area contributed by atoms with Gasteiger partial charge >= 0.3 is 5.97 Å². The summed E-state index contributed by atoms with van der Waals surface area (Å²) < 4.78 is 0. The predicted octanol–water partition coefficient (Wildman–Crippen LogP) is 1.67. The van der Waals surface area contributed by atoms with Crippen molar-refractivity contribution < 1.29 is 14.7 Å². The topological polar surface area (TPSA) is 57.6 Å². The Morgan fingerprint density at radius 3 is 2.53 bits per heavy atom. The van der Waals surface area contributed by atoms with E-state index in [2.05, 4.69) is 6.58 Å². The Labute approximate surface area is 90.6 Å². The van der Waals surface area contributed by atoms with Gasteiger partial charge in [0.15, 0.2) is 0 Å². The molecule has 0 aliphatic carbocycles. The Morgan fingerprint density at radius 1 is 1.33 bits per heavy atom. The Balaban J connectivity index is 3.59. The van der Waals surface area contributed by atoms with E-state index in [1.54, 1.807) is 11.9 Å². The second-order valence-electron chi connectivity index (χ2n) is 3.49. The van der Waals surface area contributed by atoms with Gasteiger partial charge in [-0.25, -0.2) is 0 Å². The summed E-state index contributed by atoms with van der Waals surface area (Å²) in [7, 11) is 1.74. The first-order valence-corrected chi connectivity index (χ1v) is 5.14. The van der Waals surface area contributed by atoms with Crippen LogP contribution < -0.4 is 0 Å². The number of carbonyl (C=O) groups excluding carboxylic acids is 1. The summed E-state index contributed by atoms with van der Waals surface area (Å²) in [4.78, 5) is 23.3. The van der Waals surface area contributed by atoms with Crippen LogP contribution in [0.25, 0.3) is 0 Å². The van der Waals surface area contributed by atoms with Gasteiger partial charge in [-0.1, -0.05) is 6.08 Å². The van der Waals surface area contributed by atoms with Crippen molar-refractivity contribution in [2.45, 2.75) is 32.1 Å². The lowest BCUT2D eigenvalue weighted by Crippen LogP contribution is -2.27. The molecule has 0 saturated heterocycles. The average molecular weight is 213 g/mol. The fourth-order valence-corrected chi connectivity index (χ4v) is 1.18. The molecule has 0 bridgehead atoms. The molecule has 1 N–H and O–H groups in total. The highest BCUT2D eigenvalue weighted by Crippen LogP contribution is 2.01. The summed E-state index contributed by atoms with van der Waals surface area (Å²) >= 11 is 0. The van der Waals surface area contributed by atoms with Crippen LogP contribution in [0.1, 0.15) is 32.1 Å². The maximum absolute atomic E-state index is 11.4. The molecule has 0 aromatic heterocycles. The second kappa shape index (κ2) is 8.03. The molecule has 1 amide bonds. The van der Waals surface area contributed by atoms with E-state index in [0.29, 0.717) is 19.4 Å². The van der Waals surface area contributed by atoms with E-state index in [0.717, 1.165) is 12.8 Å². The third kappa shape index (κ3) is 7.73. The predicted molar refractivity (Wildman–Crippen MR) is 58.6 cm³/mol. The maximum atomic E-state index is 11.4. The molecule has 4 heteroatoms. The molecule has 0 saturated carbocycles. The molecule has 86 valence electrons. The van der Waals surface area contributed by atoms with Crippen LogP contribution in [0.15, 0.2) is 12.7 Å². The number of rotatable bonds is 8. The third-order valence-corrected chi connectivity index (χ3v) is 2.11. The van der Waals surface area contributed by atoms with E-state index in [-0.39, 0.29) is 12.3 Å². The lowest BCUT2D eigenvalue weighted by molar-refractivity contribution is -0.137. The van der Waals surface area contributed by atoms with Crippen LogP contribution in [-0.4, -0.2) is 35.5 Å². The summed E-state index contributed by atoms with van der Waals surface area (Å²) in [6.45, 7) is 4.31. The van der Waals surface area contributed by atoms with E-state index in [1.165, 1.54) is 0 Å². The van der Waals surface area contributed by atoms with Gasteiger partial charge in [0.25, 0.3) is 0 Å². The molecule has 0 atom stereocenters. The highest BCUT2D eigenvalue weighted by atomic mass is 16.4. The minimum Gasteiger partial charge on any atom is -0.481 e. The van der Waals surface area contributed by atoms with Crippen molar-refractivity contribution >= 4 is 11.9 Å². The quantitative estimate of drug-likeness (QED) is 0.493. The number of carboxylic acids is 1. The van der Waals surface area contributed by atoms with Crippen molar-refractivity contribution in [1.29, 1.82) is 0 Å². The Morgan fingerprint density at radius 2 is 2.00 bits per heavy atom. The van der Waals surface area contributed by atoms with E-state index >= 15 is 0 Å². The normalized spacial score (nSPS) is 9.67. The molecule has 0 aromatic carbocycles. The molecule has 0 aliphatic heterocycles. The van der Waals surface area contributed by atoms with Crippen LogP contribution in [0, 0.1) is 0 Å². The molecule has 4 nitrogen and oxygen atoms in total. The highest BCUT2D eigenvalue weighted by molar-refractivity contribution is 5.76. The summed E-state index contributed by atoms with van der Waals surface area (Å²) in [6.07, 6.45) is 4.42. The van der Waals surface area contributed by atoms with Gasteiger partial charge in [-0.05, 0) is 19.3 Å². The Kier molecular flexibility index (Phi) is 7.32. The van der Waals surface area contributed by atoms with Gasteiger partial charge in [0.05, 0.1) is 0 Å². The van der Waals surface area contributed by atoms with Gasteiger partial charge in [-0.15, -0.1) is 6.58 Å². The summed E-state index contributed by atoms with van der Waals surface area (Å²) in [5, 5.41) is 8.40. The monoisotopic (exact) mass is 213 g/mol. The van der Waals surface area contributed by atoms with Gasteiger partial charge in [0, 0.05) is 26.4 Å². The van der Waals surface area contributed by atoms with Crippen LogP contribution in [0.5, 0.6) is 0 Å². The molecule has 0 rings (SSSR count). The highest BCUT2D eigenvalue weighted by Gasteiger charge is 2.08. The van der Waals surface area contributed by atoms with Gasteiger partial charge < -0.3 is 10.0 Å². The van der Waals surface area contributed by atoms with Gasteiger partial charge in [-0.3, -0.25) is 9.59 Å². The summed E-state index contributed by atoms with van der Waals surface area (Å²) in [5.74, 6) is -0.836. The average Bonchev–Trinajstić information content (AvgIpc) is 2.17. The zero-order valence-electron chi connectivity index (χ0n) is 9.24. The number of nitrogens with zero attached hydrogens (tertiary/aromatic N) is 1. The van der Waals surface area contributed by atoms with Crippen LogP contribution in [-0.2, 0) is 9.59 Å². The van der Waals surface area contributed by atoms with Crippen molar-refractivity contribution in [2.24, 2.45) is 0 Å². The molecule has 0 aliphatic rings. The fourth-order valence-electron chi connectivity index (χ4n) is 1.18. The van der Waals surface area contributed by atoms with Crippen molar-refractivity contribution in [3.8, 4) is 0 Å². The zero-order chi connectivity index (χ0) is 11.7. The minimum absolute atomic E-state index is 0.0142. The number of carbonyl (C=O) groups is 2. The minimum atomic E-state index is -0.850. The fraction of sp³-hybridized carbons (Fsp3) is 0.636. The van der Waals surface area contributed by atoms with Crippen LogP contribution in [0.2, 0.25) is 0 Å². The smallest absolute Gasteiger partial charge is 0.303 e. The van der Waals surface area contributed by atoms with E-state index < -0.39 is 5.97 Å². The van der Waals surface area contributed by atoms with Gasteiger partial charge in [0.2, 0.25) is 5.91 Å². The van der Waals surface area contributed by atoms with Crippen molar-refractivity contribution in [3.05, 3.63) is 12.7 Å². The van der Waals surface area contributed by atoms with Crippen molar-refractivity contribution in [1.82, 2.24) is 4.90 Å². The lowest BCUT2D eigenvalue weighted by atomic mass is 10.2. The van der Waals surface area contributed by atoms with Gasteiger partial charge in [-0.2, -0.15) is 0 Å². The molecule has 0 fully saturated rings. The number of unbranched alkanes of at least 4 members (excludes halogenated alkanes) is 1. The van der Waals surface area contributed by atoms with E-state index in [9.17, 15) is 9.59 Å². The van der Waals surface area contributed by atoms with Crippen LogP contribution in [0.3, 0.4) is 0 Å². The van der Waals surface area contributed by atoms with Crippen molar-refractivity contribution in [3.63, 3.8) is 0 Å². The Hall–Kier alpha value is -1.32. The number of amides is 1. The lowest BCUT2D eigenvalue weighted by Gasteiger charge is -2.16. The number of hydrogen-bond acceptors (Lipinski definition) is 2. The van der Waals surface area contributed by atoms with Crippen LogP contribution in [0.4, 0.5) is 0 Å². The SMILES string of the molecule is C=CCCCN(C)C(=O)CCCC(=O)O. The molecule has 0 unspecified atom stereocenters. The largest absolute Gasteiger partial charge is 0.481 e. The molecular formula is C11H19NO3. The molecule has 0 radical (unpaired) electrons. The third-order valence-electron chi connectivity index (χ3n) is 2.11. The second-order valence-corrected chi connectivity index (χ2v) is 3.49. The first kappa shape index (κ1) is 13.7. The number of aliphatic carboxylic acids is 1. The van der Waals surface area contributed by atoms with Crippen molar-refractivity contribution in [2.75, 3.05) is 13.6 Å². The summed E-state index contributed by atoms with van der Waals surface area (Å²) in [6, 6.07) is 0. The standard InChI is InChI=1S/C11H19NO3/c1-3-4-5-9-12(2)10(13)7-6-8-11(14)15/h3H,1,4-9H2,2H3,(H,14,15). The number of carboxylic acid groups (broad SMARTS) is 1. The molecule has 0 spiro atoms.